The van der Waals surface area contributed by atoms with Crippen molar-refractivity contribution < 1.29 is 14.5 Å². The Bertz CT molecular complexity index is 659. The van der Waals surface area contributed by atoms with Crippen molar-refractivity contribution in [3.63, 3.8) is 0 Å². The van der Waals surface area contributed by atoms with E-state index < -0.39 is 11.0 Å². The van der Waals surface area contributed by atoms with Crippen LogP contribution < -0.4 is 10.2 Å². The Labute approximate surface area is 141 Å². The molecule has 0 aromatic heterocycles. The third-order valence-corrected chi connectivity index (χ3v) is 4.81. The number of carbonyl (C=O) groups is 1. The first-order valence-electron chi connectivity index (χ1n) is 8.35. The lowest BCUT2D eigenvalue weighted by atomic mass is 9.75. The number of rotatable bonds is 4. The van der Waals surface area contributed by atoms with E-state index in [1.807, 2.05) is 0 Å². The topological polar surface area (TPSA) is 84.7 Å². The van der Waals surface area contributed by atoms with Crippen LogP contribution >= 0.6 is 0 Å². The standard InChI is InChI=1S/C17H23N3O4/c1-17(2)7-3-4-12(11-17)18-14-6-5-13(20(22)23)10-15(14)19-8-9-24-16(19)21/h5-6,10,12,18H,3-4,7-9,11H2,1-2H3. The van der Waals surface area contributed by atoms with Crippen LogP contribution in [-0.4, -0.2) is 30.2 Å². The molecule has 0 bridgehead atoms. The summed E-state index contributed by atoms with van der Waals surface area (Å²) >= 11 is 0. The van der Waals surface area contributed by atoms with Crippen LogP contribution in [0, 0.1) is 15.5 Å². The zero-order valence-corrected chi connectivity index (χ0v) is 14.1. The van der Waals surface area contributed by atoms with Crippen LogP contribution in [0.15, 0.2) is 18.2 Å². The van der Waals surface area contributed by atoms with Crippen molar-refractivity contribution in [1.82, 2.24) is 0 Å². The fourth-order valence-electron chi connectivity index (χ4n) is 3.63. The number of anilines is 2. The maximum Gasteiger partial charge on any atom is 0.414 e. The second kappa shape index (κ2) is 6.30. The van der Waals surface area contributed by atoms with Crippen LogP contribution in [0.3, 0.4) is 0 Å². The lowest BCUT2D eigenvalue weighted by Crippen LogP contribution is -2.33. The Morgan fingerprint density at radius 3 is 2.83 bits per heavy atom. The molecule has 7 heteroatoms. The lowest BCUT2D eigenvalue weighted by molar-refractivity contribution is -0.384. The minimum absolute atomic E-state index is 0.0285. The smallest absolute Gasteiger partial charge is 0.414 e. The minimum Gasteiger partial charge on any atom is -0.447 e. The first kappa shape index (κ1) is 16.5. The van der Waals surface area contributed by atoms with Gasteiger partial charge < -0.3 is 10.1 Å². The number of benzene rings is 1. The van der Waals surface area contributed by atoms with Crippen molar-refractivity contribution in [1.29, 1.82) is 0 Å². The van der Waals surface area contributed by atoms with Crippen LogP contribution in [0.25, 0.3) is 0 Å². The number of amides is 1. The predicted molar refractivity (Wildman–Crippen MR) is 91.5 cm³/mol. The number of non-ortho nitro benzene ring substituents is 1. The van der Waals surface area contributed by atoms with Crippen LogP contribution in [0.2, 0.25) is 0 Å². The average molecular weight is 333 g/mol. The molecular formula is C17H23N3O4. The fraction of sp³-hybridized carbons (Fsp3) is 0.588. The number of ether oxygens (including phenoxy) is 1. The molecule has 1 unspecified atom stereocenters. The Hall–Kier alpha value is -2.31. The van der Waals surface area contributed by atoms with Gasteiger partial charge in [-0.25, -0.2) is 4.79 Å². The molecule has 1 aromatic rings. The molecule has 24 heavy (non-hydrogen) atoms. The molecule has 2 aliphatic rings. The molecule has 1 aliphatic heterocycles. The summed E-state index contributed by atoms with van der Waals surface area (Å²) in [5, 5.41) is 14.6. The Kier molecular flexibility index (Phi) is 4.34. The number of hydrogen-bond acceptors (Lipinski definition) is 5. The largest absolute Gasteiger partial charge is 0.447 e. The monoisotopic (exact) mass is 333 g/mol. The Morgan fingerprint density at radius 1 is 1.42 bits per heavy atom. The van der Waals surface area contributed by atoms with E-state index in [9.17, 15) is 14.9 Å². The summed E-state index contributed by atoms with van der Waals surface area (Å²) in [5.74, 6) is 0. The number of cyclic esters (lactones) is 1. The fourth-order valence-corrected chi connectivity index (χ4v) is 3.63. The molecule has 1 atom stereocenters. The first-order valence-corrected chi connectivity index (χ1v) is 8.35. The number of nitro groups is 1. The highest BCUT2D eigenvalue weighted by Gasteiger charge is 2.31. The van der Waals surface area contributed by atoms with Crippen molar-refractivity contribution in [2.45, 2.75) is 45.6 Å². The summed E-state index contributed by atoms with van der Waals surface area (Å²) in [6, 6.07) is 4.91. The average Bonchev–Trinajstić information content (AvgIpc) is 2.92. The van der Waals surface area contributed by atoms with Crippen molar-refractivity contribution in [2.75, 3.05) is 23.4 Å². The van der Waals surface area contributed by atoms with Gasteiger partial charge in [0.1, 0.15) is 6.61 Å². The summed E-state index contributed by atoms with van der Waals surface area (Å²) in [7, 11) is 0. The highest BCUT2D eigenvalue weighted by atomic mass is 16.6. The zero-order chi connectivity index (χ0) is 17.3. The molecule has 130 valence electrons. The zero-order valence-electron chi connectivity index (χ0n) is 14.1. The maximum absolute atomic E-state index is 11.9. The summed E-state index contributed by atoms with van der Waals surface area (Å²) < 4.78 is 4.99. The van der Waals surface area contributed by atoms with E-state index in [4.69, 9.17) is 4.74 Å². The van der Waals surface area contributed by atoms with Gasteiger partial charge in [0.25, 0.3) is 5.69 Å². The Morgan fingerprint density at radius 2 is 2.21 bits per heavy atom. The molecule has 0 radical (unpaired) electrons. The predicted octanol–water partition coefficient (Wildman–Crippen LogP) is 3.93. The molecule has 1 aromatic carbocycles. The number of nitrogens with one attached hydrogen (secondary N) is 1. The quantitative estimate of drug-likeness (QED) is 0.666. The second-order valence-electron chi connectivity index (χ2n) is 7.33. The molecule has 7 nitrogen and oxygen atoms in total. The van der Waals surface area contributed by atoms with Crippen LogP contribution in [0.1, 0.15) is 39.5 Å². The van der Waals surface area contributed by atoms with Crippen LogP contribution in [-0.2, 0) is 4.74 Å². The molecule has 1 amide bonds. The summed E-state index contributed by atoms with van der Waals surface area (Å²) in [4.78, 5) is 24.0. The molecule has 0 spiro atoms. The van der Waals surface area contributed by atoms with Gasteiger partial charge in [0.2, 0.25) is 0 Å². The van der Waals surface area contributed by atoms with Gasteiger partial charge in [0.05, 0.1) is 22.8 Å². The van der Waals surface area contributed by atoms with E-state index in [0.717, 1.165) is 24.9 Å². The van der Waals surface area contributed by atoms with Crippen LogP contribution in [0.4, 0.5) is 21.9 Å². The Balaban J connectivity index is 1.88. The van der Waals surface area contributed by atoms with Gasteiger partial charge in [-0.1, -0.05) is 20.3 Å². The molecule has 1 N–H and O–H groups in total. The summed E-state index contributed by atoms with van der Waals surface area (Å²) in [6.45, 7) is 5.23. The lowest BCUT2D eigenvalue weighted by Gasteiger charge is -2.36. The number of carbonyl (C=O) groups excluding carboxylic acids is 1. The number of nitrogens with zero attached hydrogens (tertiary/aromatic N) is 2. The van der Waals surface area contributed by atoms with E-state index in [-0.39, 0.29) is 11.1 Å². The van der Waals surface area contributed by atoms with Gasteiger partial charge >= 0.3 is 6.09 Å². The van der Waals surface area contributed by atoms with E-state index >= 15 is 0 Å². The maximum atomic E-state index is 11.9. The molecule has 2 fully saturated rings. The SMILES string of the molecule is CC1(C)CCCC(Nc2ccc([N+](=O)[O-])cc2N2CCOC2=O)C1. The molecular weight excluding hydrogens is 310 g/mol. The molecule has 1 saturated carbocycles. The van der Waals surface area contributed by atoms with Crippen molar-refractivity contribution >= 4 is 23.2 Å². The normalized spacial score (nSPS) is 23.0. The first-order chi connectivity index (χ1) is 11.4. The summed E-state index contributed by atoms with van der Waals surface area (Å²) in [5.41, 5.74) is 1.53. The van der Waals surface area contributed by atoms with E-state index in [1.54, 1.807) is 6.07 Å². The molecule has 1 aliphatic carbocycles. The summed E-state index contributed by atoms with van der Waals surface area (Å²) in [6.07, 6.45) is 4.00. The van der Waals surface area contributed by atoms with Gasteiger partial charge in [-0.05, 0) is 30.7 Å². The van der Waals surface area contributed by atoms with E-state index in [1.165, 1.54) is 23.5 Å². The molecule has 1 saturated heterocycles. The second-order valence-corrected chi connectivity index (χ2v) is 7.33. The van der Waals surface area contributed by atoms with Crippen LogP contribution in [0.5, 0.6) is 0 Å². The molecule has 3 rings (SSSR count). The van der Waals surface area contributed by atoms with Crippen molar-refractivity contribution in [3.8, 4) is 0 Å². The minimum atomic E-state index is -0.456. The van der Waals surface area contributed by atoms with Gasteiger partial charge in [-0.2, -0.15) is 0 Å². The number of hydrogen-bond donors (Lipinski definition) is 1. The van der Waals surface area contributed by atoms with Gasteiger partial charge in [-0.3, -0.25) is 15.0 Å². The van der Waals surface area contributed by atoms with Gasteiger partial charge in [0.15, 0.2) is 0 Å². The van der Waals surface area contributed by atoms with E-state index in [0.29, 0.717) is 24.9 Å². The van der Waals surface area contributed by atoms with Crippen molar-refractivity contribution in [3.05, 3.63) is 28.3 Å². The number of nitro benzene ring substituents is 1. The highest BCUT2D eigenvalue weighted by Crippen LogP contribution is 2.39. The van der Waals surface area contributed by atoms with Gasteiger partial charge in [0, 0.05) is 18.2 Å². The molecule has 1 heterocycles. The van der Waals surface area contributed by atoms with Gasteiger partial charge in [-0.15, -0.1) is 0 Å². The van der Waals surface area contributed by atoms with Crippen molar-refractivity contribution in [2.24, 2.45) is 5.41 Å². The third-order valence-electron chi connectivity index (χ3n) is 4.81. The highest BCUT2D eigenvalue weighted by molar-refractivity contribution is 5.94. The van der Waals surface area contributed by atoms with E-state index in [2.05, 4.69) is 19.2 Å². The third kappa shape index (κ3) is 3.44.